The highest BCUT2D eigenvalue weighted by Gasteiger charge is 2.28. The molecule has 0 atom stereocenters. The first kappa shape index (κ1) is 9.71. The molecule has 0 aliphatic carbocycles. The molecule has 2 rings (SSSR count). The minimum absolute atomic E-state index is 0.162. The maximum absolute atomic E-state index is 5.74. The van der Waals surface area contributed by atoms with Crippen LogP contribution in [0.4, 0.5) is 0 Å². The Morgan fingerprint density at radius 2 is 2.07 bits per heavy atom. The molecule has 1 aromatic rings. The second kappa shape index (κ2) is 3.39. The van der Waals surface area contributed by atoms with Crippen molar-refractivity contribution in [1.29, 1.82) is 0 Å². The molecule has 1 aliphatic heterocycles. The van der Waals surface area contributed by atoms with Gasteiger partial charge in [-0.3, -0.25) is 0 Å². The number of aliphatic imine (C=N–C) groups is 1. The summed E-state index contributed by atoms with van der Waals surface area (Å²) in [6, 6.07) is 7.96. The summed E-state index contributed by atoms with van der Waals surface area (Å²) in [6.07, 6.45) is 0. The minimum atomic E-state index is -0.162. The van der Waals surface area contributed by atoms with Crippen LogP contribution < -0.4 is 0 Å². The first-order valence-electron chi connectivity index (χ1n) is 4.57. The Morgan fingerprint density at radius 3 is 2.64 bits per heavy atom. The summed E-state index contributed by atoms with van der Waals surface area (Å²) in [4.78, 5) is 4.38. The highest BCUT2D eigenvalue weighted by Crippen LogP contribution is 2.25. The van der Waals surface area contributed by atoms with Gasteiger partial charge in [-0.05, 0) is 41.9 Å². The third-order valence-corrected chi connectivity index (χ3v) is 2.77. The number of hydrogen-bond acceptors (Lipinski definition) is 2. The van der Waals surface area contributed by atoms with E-state index >= 15 is 0 Å². The number of nitrogens with zero attached hydrogens (tertiary/aromatic N) is 1. The lowest BCUT2D eigenvalue weighted by molar-refractivity contribution is 0.131. The zero-order valence-electron chi connectivity index (χ0n) is 8.25. The minimum Gasteiger partial charge on any atom is -0.469 e. The third kappa shape index (κ3) is 1.82. The highest BCUT2D eigenvalue weighted by molar-refractivity contribution is 9.10. The second-order valence-corrected chi connectivity index (χ2v) is 4.82. The zero-order chi connectivity index (χ0) is 10.2. The Hall–Kier alpha value is -0.830. The molecule has 14 heavy (non-hydrogen) atoms. The summed E-state index contributed by atoms with van der Waals surface area (Å²) in [6.45, 7) is 4.81. The second-order valence-electron chi connectivity index (χ2n) is 3.96. The summed E-state index contributed by atoms with van der Waals surface area (Å²) >= 11 is 3.48. The van der Waals surface area contributed by atoms with E-state index in [0.29, 0.717) is 0 Å². The van der Waals surface area contributed by atoms with Crippen LogP contribution >= 0.6 is 15.9 Å². The van der Waals surface area contributed by atoms with Gasteiger partial charge in [0.2, 0.25) is 5.90 Å². The molecule has 0 amide bonds. The van der Waals surface area contributed by atoms with E-state index in [4.69, 9.17) is 4.74 Å². The molecule has 1 heterocycles. The first-order chi connectivity index (χ1) is 6.58. The van der Waals surface area contributed by atoms with E-state index in [-0.39, 0.29) is 5.60 Å². The number of hydrogen-bond donors (Lipinski definition) is 0. The van der Waals surface area contributed by atoms with Crippen LogP contribution in [0.25, 0.3) is 0 Å². The molecule has 0 unspecified atom stereocenters. The normalized spacial score (nSPS) is 18.9. The van der Waals surface area contributed by atoms with Gasteiger partial charge in [0, 0.05) is 4.47 Å². The fourth-order valence-electron chi connectivity index (χ4n) is 1.36. The van der Waals surface area contributed by atoms with Crippen LogP contribution in [0.15, 0.2) is 33.7 Å². The topological polar surface area (TPSA) is 21.6 Å². The van der Waals surface area contributed by atoms with Crippen molar-refractivity contribution in [3.8, 4) is 0 Å². The quantitative estimate of drug-likeness (QED) is 0.754. The van der Waals surface area contributed by atoms with E-state index in [1.54, 1.807) is 0 Å². The van der Waals surface area contributed by atoms with Crippen LogP contribution in [0.5, 0.6) is 0 Å². The Morgan fingerprint density at radius 1 is 1.36 bits per heavy atom. The molecule has 0 aromatic heterocycles. The third-order valence-electron chi connectivity index (χ3n) is 2.08. The van der Waals surface area contributed by atoms with Gasteiger partial charge in [0.15, 0.2) is 0 Å². The summed E-state index contributed by atoms with van der Waals surface area (Å²) in [5.41, 5.74) is 0.864. The van der Waals surface area contributed by atoms with Crippen molar-refractivity contribution in [3.05, 3.63) is 34.3 Å². The van der Waals surface area contributed by atoms with Crippen LogP contribution in [0.1, 0.15) is 19.4 Å². The molecule has 1 aliphatic rings. The molecule has 0 N–H and O–H groups in total. The van der Waals surface area contributed by atoms with Gasteiger partial charge >= 0.3 is 0 Å². The molecule has 0 saturated carbocycles. The Balaban J connectivity index is 2.30. The molecule has 74 valence electrons. The maximum atomic E-state index is 5.74. The first-order valence-corrected chi connectivity index (χ1v) is 5.36. The summed E-state index contributed by atoms with van der Waals surface area (Å²) in [5.74, 6) is 0.738. The van der Waals surface area contributed by atoms with Crippen molar-refractivity contribution in [2.45, 2.75) is 19.4 Å². The largest absolute Gasteiger partial charge is 0.469 e. The molecule has 3 heteroatoms. The zero-order valence-corrected chi connectivity index (χ0v) is 9.84. The summed E-state index contributed by atoms with van der Waals surface area (Å²) in [7, 11) is 0. The van der Waals surface area contributed by atoms with Crippen molar-refractivity contribution in [2.75, 3.05) is 6.54 Å². The Bertz CT molecular complexity index is 385. The van der Waals surface area contributed by atoms with E-state index < -0.39 is 0 Å². The highest BCUT2D eigenvalue weighted by atomic mass is 79.9. The van der Waals surface area contributed by atoms with Crippen LogP contribution in [-0.2, 0) is 4.74 Å². The monoisotopic (exact) mass is 253 g/mol. The van der Waals surface area contributed by atoms with Crippen molar-refractivity contribution >= 4 is 21.8 Å². The van der Waals surface area contributed by atoms with Gasteiger partial charge < -0.3 is 4.74 Å². The molecule has 0 saturated heterocycles. The predicted molar refractivity (Wildman–Crippen MR) is 60.7 cm³/mol. The summed E-state index contributed by atoms with van der Waals surface area (Å²) < 4.78 is 6.76. The van der Waals surface area contributed by atoms with Gasteiger partial charge in [0.25, 0.3) is 0 Å². The lowest BCUT2D eigenvalue weighted by Gasteiger charge is -2.17. The lowest BCUT2D eigenvalue weighted by Crippen LogP contribution is -2.24. The predicted octanol–water partition coefficient (Wildman–Crippen LogP) is 3.00. The van der Waals surface area contributed by atoms with Crippen molar-refractivity contribution in [1.82, 2.24) is 0 Å². The summed E-state index contributed by atoms with van der Waals surface area (Å²) in [5, 5.41) is 0. The molecule has 0 bridgehead atoms. The van der Waals surface area contributed by atoms with Gasteiger partial charge in [-0.25, -0.2) is 4.99 Å². The van der Waals surface area contributed by atoms with Gasteiger partial charge in [-0.2, -0.15) is 0 Å². The van der Waals surface area contributed by atoms with Crippen molar-refractivity contribution in [3.63, 3.8) is 0 Å². The maximum Gasteiger partial charge on any atom is 0.217 e. The number of rotatable bonds is 1. The van der Waals surface area contributed by atoms with Gasteiger partial charge in [-0.1, -0.05) is 12.1 Å². The average Bonchev–Trinajstić information content (AvgIpc) is 2.47. The molecule has 2 nitrogen and oxygen atoms in total. The molecular formula is C11H12BrNO. The average molecular weight is 254 g/mol. The van der Waals surface area contributed by atoms with E-state index in [1.807, 2.05) is 38.1 Å². The van der Waals surface area contributed by atoms with Crippen molar-refractivity contribution in [2.24, 2.45) is 4.99 Å². The molecular weight excluding hydrogens is 242 g/mol. The standard InChI is InChI=1S/C11H12BrNO/c1-11(2)7-13-10(14-11)8-5-3-4-6-9(8)12/h3-6H,7H2,1-2H3. The van der Waals surface area contributed by atoms with Crippen molar-refractivity contribution < 1.29 is 4.74 Å². The van der Waals surface area contributed by atoms with Gasteiger partial charge in [-0.15, -0.1) is 0 Å². The van der Waals surface area contributed by atoms with E-state index in [2.05, 4.69) is 20.9 Å². The van der Waals surface area contributed by atoms with Gasteiger partial charge in [0.05, 0.1) is 12.1 Å². The molecule has 1 aromatic carbocycles. The fraction of sp³-hybridized carbons (Fsp3) is 0.364. The molecule has 0 fully saturated rings. The van der Waals surface area contributed by atoms with Crippen LogP contribution in [0, 0.1) is 0 Å². The smallest absolute Gasteiger partial charge is 0.217 e. The van der Waals surface area contributed by atoms with E-state index in [9.17, 15) is 0 Å². The number of benzene rings is 1. The fourth-order valence-corrected chi connectivity index (χ4v) is 1.82. The molecule has 0 spiro atoms. The molecule has 0 radical (unpaired) electrons. The van der Waals surface area contributed by atoms with E-state index in [0.717, 1.165) is 22.5 Å². The Labute approximate surface area is 92.1 Å². The van der Waals surface area contributed by atoms with E-state index in [1.165, 1.54) is 0 Å². The Kier molecular flexibility index (Phi) is 2.35. The van der Waals surface area contributed by atoms with Gasteiger partial charge in [0.1, 0.15) is 5.60 Å². The van der Waals surface area contributed by atoms with Crippen LogP contribution in [0.3, 0.4) is 0 Å². The number of ether oxygens (including phenoxy) is 1. The van der Waals surface area contributed by atoms with Crippen LogP contribution in [-0.4, -0.2) is 18.0 Å². The lowest BCUT2D eigenvalue weighted by atomic mass is 10.1. The number of halogens is 1. The van der Waals surface area contributed by atoms with Crippen LogP contribution in [0.2, 0.25) is 0 Å². The SMILES string of the molecule is CC1(C)CN=C(c2ccccc2Br)O1.